The number of hydrogen-bond acceptors (Lipinski definition) is 3. The smallest absolute Gasteiger partial charge is 0.140 e. The molecule has 0 saturated carbocycles. The average molecular weight is 227 g/mol. The van der Waals surface area contributed by atoms with Crippen LogP contribution in [0.5, 0.6) is 5.75 Å². The summed E-state index contributed by atoms with van der Waals surface area (Å²) in [4.78, 5) is 3.02. The topological polar surface area (TPSA) is 12.5 Å². The molecule has 0 radical (unpaired) electrons. The number of thiocarbonyl (C=S) groups is 1. The van der Waals surface area contributed by atoms with Gasteiger partial charge in [-0.05, 0) is 18.2 Å². The maximum Gasteiger partial charge on any atom is 0.140 e. The van der Waals surface area contributed by atoms with E-state index in [0.29, 0.717) is 0 Å². The van der Waals surface area contributed by atoms with Crippen molar-refractivity contribution in [2.24, 2.45) is 0 Å². The third-order valence-electron chi connectivity index (χ3n) is 1.61. The zero-order valence-corrected chi connectivity index (χ0v) is 10.1. The van der Waals surface area contributed by atoms with Gasteiger partial charge in [0.1, 0.15) is 10.1 Å². The van der Waals surface area contributed by atoms with Gasteiger partial charge in [-0.15, -0.1) is 0 Å². The molecule has 1 aromatic carbocycles. The molecule has 2 nitrogen and oxygen atoms in total. The molecule has 0 heterocycles. The Morgan fingerprint density at radius 1 is 1.43 bits per heavy atom. The lowest BCUT2D eigenvalue weighted by atomic mass is 10.3. The van der Waals surface area contributed by atoms with Crippen LogP contribution in [0.25, 0.3) is 0 Å². The first kappa shape index (κ1) is 11.3. The molecule has 0 fully saturated rings. The highest BCUT2D eigenvalue weighted by Gasteiger charge is 2.02. The summed E-state index contributed by atoms with van der Waals surface area (Å²) in [6.07, 6.45) is 0. The molecule has 0 amide bonds. The monoisotopic (exact) mass is 227 g/mol. The molecule has 0 unspecified atom stereocenters. The van der Waals surface area contributed by atoms with Crippen molar-refractivity contribution in [1.82, 2.24) is 4.90 Å². The van der Waals surface area contributed by atoms with E-state index in [-0.39, 0.29) is 0 Å². The fraction of sp³-hybridized carbons (Fsp3) is 0.300. The zero-order chi connectivity index (χ0) is 10.6. The summed E-state index contributed by atoms with van der Waals surface area (Å²) in [5.74, 6) is 0.858. The first-order chi connectivity index (χ1) is 6.63. The molecular weight excluding hydrogens is 214 g/mol. The van der Waals surface area contributed by atoms with Crippen molar-refractivity contribution < 1.29 is 4.74 Å². The number of thioether (sulfide) groups is 1. The van der Waals surface area contributed by atoms with Crippen LogP contribution in [0.3, 0.4) is 0 Å². The van der Waals surface area contributed by atoms with Gasteiger partial charge >= 0.3 is 0 Å². The van der Waals surface area contributed by atoms with E-state index >= 15 is 0 Å². The van der Waals surface area contributed by atoms with Crippen LogP contribution in [0.4, 0.5) is 0 Å². The molecule has 0 spiro atoms. The second-order valence-corrected chi connectivity index (χ2v) is 4.65. The standard InChI is InChI=1S/C10H13NOS2/c1-11(2)10(13)14-9-6-4-5-8(7-9)12-3/h4-7H,1-3H3. The van der Waals surface area contributed by atoms with Crippen molar-refractivity contribution >= 4 is 28.3 Å². The average Bonchev–Trinajstić information content (AvgIpc) is 2.18. The SMILES string of the molecule is COc1cccc(SC(=S)N(C)C)c1. The summed E-state index contributed by atoms with van der Waals surface area (Å²) in [5.41, 5.74) is 0. The lowest BCUT2D eigenvalue weighted by Gasteiger charge is -2.12. The molecule has 1 aromatic rings. The second kappa shape index (κ2) is 5.22. The summed E-state index contributed by atoms with van der Waals surface area (Å²) >= 11 is 6.75. The van der Waals surface area contributed by atoms with Crippen LogP contribution in [0.1, 0.15) is 0 Å². The molecule has 0 aliphatic rings. The maximum absolute atomic E-state index is 5.19. The Labute approximate surface area is 94.2 Å². The molecule has 0 N–H and O–H groups in total. The Balaban J connectivity index is 2.72. The van der Waals surface area contributed by atoms with Gasteiger partial charge in [0.25, 0.3) is 0 Å². The van der Waals surface area contributed by atoms with Gasteiger partial charge in [-0.25, -0.2) is 0 Å². The van der Waals surface area contributed by atoms with E-state index < -0.39 is 0 Å². The molecule has 0 aliphatic heterocycles. The van der Waals surface area contributed by atoms with Crippen molar-refractivity contribution in [2.75, 3.05) is 21.2 Å². The summed E-state index contributed by atoms with van der Waals surface area (Å²) < 4.78 is 5.97. The summed E-state index contributed by atoms with van der Waals surface area (Å²) in [6.45, 7) is 0. The Hall–Kier alpha value is -0.740. The number of methoxy groups -OCH3 is 1. The van der Waals surface area contributed by atoms with Gasteiger partial charge in [0.2, 0.25) is 0 Å². The van der Waals surface area contributed by atoms with Crippen LogP contribution < -0.4 is 4.74 Å². The van der Waals surface area contributed by atoms with Crippen LogP contribution >= 0.6 is 24.0 Å². The first-order valence-electron chi connectivity index (χ1n) is 4.16. The van der Waals surface area contributed by atoms with Gasteiger partial charge in [-0.1, -0.05) is 30.0 Å². The van der Waals surface area contributed by atoms with Crippen LogP contribution in [0.15, 0.2) is 29.2 Å². The third-order valence-corrected chi connectivity index (χ3v) is 3.26. The van der Waals surface area contributed by atoms with Crippen molar-refractivity contribution in [1.29, 1.82) is 0 Å². The van der Waals surface area contributed by atoms with E-state index in [0.717, 1.165) is 15.0 Å². The zero-order valence-electron chi connectivity index (χ0n) is 8.48. The minimum Gasteiger partial charge on any atom is -0.497 e. The van der Waals surface area contributed by atoms with E-state index in [9.17, 15) is 0 Å². The molecule has 14 heavy (non-hydrogen) atoms. The normalized spacial score (nSPS) is 9.64. The van der Waals surface area contributed by atoms with Gasteiger partial charge in [-0.2, -0.15) is 0 Å². The lowest BCUT2D eigenvalue weighted by molar-refractivity contribution is 0.413. The lowest BCUT2D eigenvalue weighted by Crippen LogP contribution is -2.15. The molecule has 4 heteroatoms. The number of rotatable bonds is 2. The first-order valence-corrected chi connectivity index (χ1v) is 5.39. The van der Waals surface area contributed by atoms with E-state index in [1.54, 1.807) is 18.9 Å². The molecule has 0 saturated heterocycles. The summed E-state index contributed by atoms with van der Waals surface area (Å²) in [6, 6.07) is 7.87. The van der Waals surface area contributed by atoms with Gasteiger partial charge in [-0.3, -0.25) is 0 Å². The van der Waals surface area contributed by atoms with Crippen molar-refractivity contribution in [3.05, 3.63) is 24.3 Å². The Kier molecular flexibility index (Phi) is 4.22. The number of hydrogen-bond donors (Lipinski definition) is 0. The van der Waals surface area contributed by atoms with Gasteiger partial charge < -0.3 is 9.64 Å². The highest BCUT2D eigenvalue weighted by Crippen LogP contribution is 2.24. The van der Waals surface area contributed by atoms with Crippen LogP contribution in [0.2, 0.25) is 0 Å². The Bertz CT molecular complexity index is 326. The van der Waals surface area contributed by atoms with Crippen molar-refractivity contribution in [3.63, 3.8) is 0 Å². The van der Waals surface area contributed by atoms with E-state index in [2.05, 4.69) is 0 Å². The van der Waals surface area contributed by atoms with Crippen LogP contribution in [0, 0.1) is 0 Å². The van der Waals surface area contributed by atoms with E-state index in [4.69, 9.17) is 17.0 Å². The second-order valence-electron chi connectivity index (χ2n) is 2.94. The Morgan fingerprint density at radius 2 is 2.14 bits per heavy atom. The molecule has 1 rings (SSSR count). The predicted molar refractivity (Wildman–Crippen MR) is 65.1 cm³/mol. The van der Waals surface area contributed by atoms with Gasteiger partial charge in [0, 0.05) is 19.0 Å². The fourth-order valence-corrected chi connectivity index (χ4v) is 1.85. The largest absolute Gasteiger partial charge is 0.497 e. The maximum atomic E-state index is 5.19. The predicted octanol–water partition coefficient (Wildman–Crippen LogP) is 2.63. The highest BCUT2D eigenvalue weighted by molar-refractivity contribution is 8.22. The fourth-order valence-electron chi connectivity index (χ4n) is 0.857. The Morgan fingerprint density at radius 3 is 2.71 bits per heavy atom. The van der Waals surface area contributed by atoms with Crippen molar-refractivity contribution in [2.45, 2.75) is 4.90 Å². The van der Waals surface area contributed by atoms with Gasteiger partial charge in [0.15, 0.2) is 0 Å². The van der Waals surface area contributed by atoms with Crippen molar-refractivity contribution in [3.8, 4) is 5.75 Å². The number of benzene rings is 1. The minimum absolute atomic E-state index is 0.846. The van der Waals surface area contributed by atoms with E-state index in [1.807, 2.05) is 43.3 Å². The summed E-state index contributed by atoms with van der Waals surface area (Å²) in [5, 5.41) is 0. The van der Waals surface area contributed by atoms with Gasteiger partial charge in [0.05, 0.1) is 7.11 Å². The molecular formula is C10H13NOS2. The molecule has 76 valence electrons. The third kappa shape index (κ3) is 3.20. The molecule has 0 bridgehead atoms. The molecule has 0 atom stereocenters. The summed E-state index contributed by atoms with van der Waals surface area (Å²) in [7, 11) is 5.54. The molecule has 0 aliphatic carbocycles. The quantitative estimate of drug-likeness (QED) is 0.568. The molecule has 0 aromatic heterocycles. The van der Waals surface area contributed by atoms with E-state index in [1.165, 1.54) is 0 Å². The van der Waals surface area contributed by atoms with Crippen LogP contribution in [-0.4, -0.2) is 30.4 Å². The number of nitrogens with zero attached hydrogens (tertiary/aromatic N) is 1. The van der Waals surface area contributed by atoms with Crippen LogP contribution in [-0.2, 0) is 0 Å². The minimum atomic E-state index is 0.846. The highest BCUT2D eigenvalue weighted by atomic mass is 32.2. The number of ether oxygens (including phenoxy) is 1.